The van der Waals surface area contributed by atoms with Gasteiger partial charge in [-0.15, -0.1) is 0 Å². The summed E-state index contributed by atoms with van der Waals surface area (Å²) in [5, 5.41) is 9.16. The van der Waals surface area contributed by atoms with E-state index in [1.54, 1.807) is 12.1 Å². The Labute approximate surface area is 141 Å². The molecule has 0 saturated carbocycles. The molecule has 0 bridgehead atoms. The van der Waals surface area contributed by atoms with E-state index in [0.29, 0.717) is 12.2 Å². The van der Waals surface area contributed by atoms with Gasteiger partial charge in [-0.2, -0.15) is 0 Å². The fraction of sp³-hybridized carbons (Fsp3) is 0.263. The zero-order valence-electron chi connectivity index (χ0n) is 13.6. The molecule has 0 fully saturated rings. The van der Waals surface area contributed by atoms with Crippen LogP contribution in [0, 0.1) is 0 Å². The van der Waals surface area contributed by atoms with E-state index in [1.807, 2.05) is 55.5 Å². The lowest BCUT2D eigenvalue weighted by atomic mass is 10.1. The average Bonchev–Trinajstić information content (AvgIpc) is 2.60. The van der Waals surface area contributed by atoms with Crippen LogP contribution in [0.15, 0.2) is 60.7 Å². The molecule has 2 aromatic carbocycles. The van der Waals surface area contributed by atoms with Gasteiger partial charge < -0.3 is 14.7 Å². The summed E-state index contributed by atoms with van der Waals surface area (Å²) in [6, 6.07) is 18.4. The van der Waals surface area contributed by atoms with Crippen molar-refractivity contribution in [3.63, 3.8) is 0 Å². The van der Waals surface area contributed by atoms with Crippen LogP contribution in [0.1, 0.15) is 24.2 Å². The molecule has 0 saturated heterocycles. The molecule has 5 heteroatoms. The van der Waals surface area contributed by atoms with Crippen LogP contribution < -0.4 is 0 Å². The van der Waals surface area contributed by atoms with E-state index in [9.17, 15) is 9.59 Å². The molecule has 0 aliphatic heterocycles. The molecule has 0 spiro atoms. The summed E-state index contributed by atoms with van der Waals surface area (Å²) >= 11 is 0. The lowest BCUT2D eigenvalue weighted by Crippen LogP contribution is -2.39. The standard InChI is InChI=1S/C19H21NO4/c1-2-24-18(16-11-7-4-8-12-16)19(23)20(14-17(21)22)13-15-9-5-3-6-10-15/h3-12,18H,2,13-14H2,1H3,(H,21,22). The van der Waals surface area contributed by atoms with Crippen molar-refractivity contribution in [2.45, 2.75) is 19.6 Å². The van der Waals surface area contributed by atoms with Crippen molar-refractivity contribution < 1.29 is 19.4 Å². The Hall–Kier alpha value is -2.66. The first-order valence-electron chi connectivity index (χ1n) is 7.83. The first-order valence-corrected chi connectivity index (χ1v) is 7.83. The molecule has 2 rings (SSSR count). The third-order valence-corrected chi connectivity index (χ3v) is 3.51. The molecular formula is C19H21NO4. The molecule has 1 unspecified atom stereocenters. The van der Waals surface area contributed by atoms with Crippen molar-refractivity contribution >= 4 is 11.9 Å². The zero-order chi connectivity index (χ0) is 17.4. The highest BCUT2D eigenvalue weighted by molar-refractivity contribution is 5.85. The Balaban J connectivity index is 2.25. The predicted octanol–water partition coefficient (Wildman–Crippen LogP) is 2.88. The highest BCUT2D eigenvalue weighted by Crippen LogP contribution is 2.21. The predicted molar refractivity (Wildman–Crippen MR) is 90.3 cm³/mol. The Bertz CT molecular complexity index is 658. The van der Waals surface area contributed by atoms with Crippen LogP contribution in [0.25, 0.3) is 0 Å². The molecule has 1 atom stereocenters. The monoisotopic (exact) mass is 327 g/mol. The number of nitrogens with zero attached hydrogens (tertiary/aromatic N) is 1. The van der Waals surface area contributed by atoms with Gasteiger partial charge in [-0.05, 0) is 18.1 Å². The van der Waals surface area contributed by atoms with Crippen molar-refractivity contribution in [2.75, 3.05) is 13.2 Å². The minimum atomic E-state index is -1.05. The molecular weight excluding hydrogens is 306 g/mol. The SMILES string of the molecule is CCOC(C(=O)N(CC(=O)O)Cc1ccccc1)c1ccccc1. The van der Waals surface area contributed by atoms with Crippen molar-refractivity contribution in [3.8, 4) is 0 Å². The second kappa shape index (κ2) is 8.84. The van der Waals surface area contributed by atoms with Gasteiger partial charge in [0.15, 0.2) is 6.10 Å². The fourth-order valence-electron chi connectivity index (χ4n) is 2.45. The van der Waals surface area contributed by atoms with Crippen LogP contribution in [0.4, 0.5) is 0 Å². The molecule has 0 aromatic heterocycles. The molecule has 0 heterocycles. The number of carboxylic acids is 1. The largest absolute Gasteiger partial charge is 0.480 e. The van der Waals surface area contributed by atoms with Crippen LogP contribution in [0.2, 0.25) is 0 Å². The van der Waals surface area contributed by atoms with E-state index in [-0.39, 0.29) is 19.0 Å². The van der Waals surface area contributed by atoms with Gasteiger partial charge in [0, 0.05) is 13.2 Å². The minimum Gasteiger partial charge on any atom is -0.480 e. The van der Waals surface area contributed by atoms with Crippen LogP contribution in [0.5, 0.6) is 0 Å². The summed E-state index contributed by atoms with van der Waals surface area (Å²) in [6.45, 7) is 2.02. The second-order valence-corrected chi connectivity index (χ2v) is 5.32. The van der Waals surface area contributed by atoms with Gasteiger partial charge in [0.2, 0.25) is 0 Å². The Morgan fingerprint density at radius 3 is 2.17 bits per heavy atom. The summed E-state index contributed by atoms with van der Waals surface area (Å²) in [5.41, 5.74) is 1.59. The number of hydrogen-bond donors (Lipinski definition) is 1. The first-order chi connectivity index (χ1) is 11.6. The smallest absolute Gasteiger partial charge is 0.323 e. The van der Waals surface area contributed by atoms with Crippen molar-refractivity contribution in [1.82, 2.24) is 4.90 Å². The van der Waals surface area contributed by atoms with E-state index in [1.165, 1.54) is 4.90 Å². The van der Waals surface area contributed by atoms with Crippen LogP contribution in [0.3, 0.4) is 0 Å². The lowest BCUT2D eigenvalue weighted by molar-refractivity contribution is -0.151. The molecule has 0 radical (unpaired) electrons. The maximum atomic E-state index is 12.9. The quantitative estimate of drug-likeness (QED) is 0.809. The molecule has 24 heavy (non-hydrogen) atoms. The number of ether oxygens (including phenoxy) is 1. The van der Waals surface area contributed by atoms with Crippen LogP contribution >= 0.6 is 0 Å². The number of aliphatic carboxylic acids is 1. The topological polar surface area (TPSA) is 66.8 Å². The zero-order valence-corrected chi connectivity index (χ0v) is 13.6. The normalized spacial score (nSPS) is 11.7. The minimum absolute atomic E-state index is 0.225. The molecule has 0 aliphatic rings. The Morgan fingerprint density at radius 2 is 1.62 bits per heavy atom. The second-order valence-electron chi connectivity index (χ2n) is 5.32. The van der Waals surface area contributed by atoms with Gasteiger partial charge in [-0.25, -0.2) is 0 Å². The number of carboxylic acid groups (broad SMARTS) is 1. The lowest BCUT2D eigenvalue weighted by Gasteiger charge is -2.26. The molecule has 5 nitrogen and oxygen atoms in total. The highest BCUT2D eigenvalue weighted by atomic mass is 16.5. The van der Waals surface area contributed by atoms with Gasteiger partial charge in [0.05, 0.1) is 0 Å². The van der Waals surface area contributed by atoms with E-state index < -0.39 is 12.1 Å². The molecule has 0 aliphatic carbocycles. The van der Waals surface area contributed by atoms with Gasteiger partial charge >= 0.3 is 5.97 Å². The summed E-state index contributed by atoms with van der Waals surface area (Å²) in [7, 11) is 0. The van der Waals surface area contributed by atoms with Crippen molar-refractivity contribution in [3.05, 3.63) is 71.8 Å². The summed E-state index contributed by atoms with van der Waals surface area (Å²) < 4.78 is 5.61. The Morgan fingerprint density at radius 1 is 1.04 bits per heavy atom. The van der Waals surface area contributed by atoms with Gasteiger partial charge in [0.1, 0.15) is 6.54 Å². The number of carbonyl (C=O) groups is 2. The number of hydrogen-bond acceptors (Lipinski definition) is 3. The van der Waals surface area contributed by atoms with Crippen LogP contribution in [-0.2, 0) is 20.9 Å². The van der Waals surface area contributed by atoms with Gasteiger partial charge in [-0.1, -0.05) is 60.7 Å². The third kappa shape index (κ3) is 4.93. The third-order valence-electron chi connectivity index (χ3n) is 3.51. The Kier molecular flexibility index (Phi) is 6.51. The van der Waals surface area contributed by atoms with E-state index >= 15 is 0 Å². The number of amides is 1. The summed E-state index contributed by atoms with van der Waals surface area (Å²) in [4.78, 5) is 25.4. The maximum absolute atomic E-state index is 12.9. The number of rotatable bonds is 8. The number of carbonyl (C=O) groups excluding carboxylic acids is 1. The molecule has 1 N–H and O–H groups in total. The highest BCUT2D eigenvalue weighted by Gasteiger charge is 2.27. The van der Waals surface area contributed by atoms with Crippen molar-refractivity contribution in [1.29, 1.82) is 0 Å². The first kappa shape index (κ1) is 17.7. The fourth-order valence-corrected chi connectivity index (χ4v) is 2.45. The van der Waals surface area contributed by atoms with E-state index in [2.05, 4.69) is 0 Å². The summed E-state index contributed by atoms with van der Waals surface area (Å²) in [5.74, 6) is -1.41. The molecule has 2 aromatic rings. The maximum Gasteiger partial charge on any atom is 0.323 e. The van der Waals surface area contributed by atoms with Crippen molar-refractivity contribution in [2.24, 2.45) is 0 Å². The average molecular weight is 327 g/mol. The molecule has 1 amide bonds. The summed E-state index contributed by atoms with van der Waals surface area (Å²) in [6.07, 6.45) is -0.806. The van der Waals surface area contributed by atoms with E-state index in [4.69, 9.17) is 9.84 Å². The number of benzene rings is 2. The van der Waals surface area contributed by atoms with Gasteiger partial charge in [-0.3, -0.25) is 9.59 Å². The van der Waals surface area contributed by atoms with E-state index in [0.717, 1.165) is 5.56 Å². The van der Waals surface area contributed by atoms with Crippen LogP contribution in [-0.4, -0.2) is 35.0 Å². The molecule has 126 valence electrons. The van der Waals surface area contributed by atoms with Gasteiger partial charge in [0.25, 0.3) is 5.91 Å².